The van der Waals surface area contributed by atoms with Crippen LogP contribution in [0.4, 0.5) is 0 Å². The Morgan fingerprint density at radius 2 is 1.79 bits per heavy atom. The molecule has 3 N–H and O–H groups in total. The molecule has 1 fully saturated rings. The smallest absolute Gasteiger partial charge is 0.223 e. The molecule has 0 spiro atoms. The molecule has 0 aromatic rings. The Morgan fingerprint density at radius 1 is 1.21 bits per heavy atom. The van der Waals surface area contributed by atoms with Crippen molar-refractivity contribution in [3.63, 3.8) is 0 Å². The summed E-state index contributed by atoms with van der Waals surface area (Å²) in [6.45, 7) is -0.399. The van der Waals surface area contributed by atoms with Gasteiger partial charge in [-0.05, 0) is 12.8 Å². The van der Waals surface area contributed by atoms with Crippen LogP contribution in [0.15, 0.2) is 0 Å². The summed E-state index contributed by atoms with van der Waals surface area (Å²) in [5.74, 6) is 0.0714. The maximum absolute atomic E-state index is 11.6. The fourth-order valence-corrected chi connectivity index (χ4v) is 1.83. The number of amides is 1. The summed E-state index contributed by atoms with van der Waals surface area (Å²) in [4.78, 5) is 11.6. The van der Waals surface area contributed by atoms with Gasteiger partial charge in [0.2, 0.25) is 5.91 Å². The van der Waals surface area contributed by atoms with Gasteiger partial charge in [0.15, 0.2) is 0 Å². The molecule has 1 aliphatic rings. The minimum absolute atomic E-state index is 0.0159. The molecule has 14 heavy (non-hydrogen) atoms. The van der Waals surface area contributed by atoms with Crippen molar-refractivity contribution in [2.75, 3.05) is 13.2 Å². The maximum Gasteiger partial charge on any atom is 0.223 e. The van der Waals surface area contributed by atoms with Crippen molar-refractivity contribution in [1.29, 1.82) is 0 Å². The highest BCUT2D eigenvalue weighted by Gasteiger charge is 2.22. The summed E-state index contributed by atoms with van der Waals surface area (Å²) in [5.41, 5.74) is 0. The monoisotopic (exact) mass is 201 g/mol. The molecule has 0 aliphatic heterocycles. The van der Waals surface area contributed by atoms with Crippen LogP contribution < -0.4 is 5.32 Å². The SMILES string of the molecule is O=C(NC(CO)CO)C1CCCCC1. The van der Waals surface area contributed by atoms with Crippen LogP contribution in [0.5, 0.6) is 0 Å². The largest absolute Gasteiger partial charge is 0.394 e. The standard InChI is InChI=1S/C10H19NO3/c12-6-9(7-13)11-10(14)8-4-2-1-3-5-8/h8-9,12-13H,1-7H2,(H,11,14). The van der Waals surface area contributed by atoms with E-state index in [1.165, 1.54) is 6.42 Å². The highest BCUT2D eigenvalue weighted by molar-refractivity contribution is 5.79. The van der Waals surface area contributed by atoms with Crippen molar-refractivity contribution in [3.8, 4) is 0 Å². The van der Waals surface area contributed by atoms with E-state index in [4.69, 9.17) is 10.2 Å². The average molecular weight is 201 g/mol. The van der Waals surface area contributed by atoms with Crippen LogP contribution in [0.2, 0.25) is 0 Å². The lowest BCUT2D eigenvalue weighted by molar-refractivity contribution is -0.127. The molecule has 0 aromatic heterocycles. The van der Waals surface area contributed by atoms with E-state index in [0.717, 1.165) is 25.7 Å². The number of hydrogen-bond donors (Lipinski definition) is 3. The maximum atomic E-state index is 11.6. The van der Waals surface area contributed by atoms with Crippen LogP contribution >= 0.6 is 0 Å². The number of rotatable bonds is 4. The van der Waals surface area contributed by atoms with Gasteiger partial charge in [0.1, 0.15) is 0 Å². The first kappa shape index (κ1) is 11.5. The van der Waals surface area contributed by atoms with Gasteiger partial charge in [-0.1, -0.05) is 19.3 Å². The van der Waals surface area contributed by atoms with Crippen LogP contribution in [0.1, 0.15) is 32.1 Å². The van der Waals surface area contributed by atoms with Crippen molar-refractivity contribution in [2.45, 2.75) is 38.1 Å². The summed E-state index contributed by atoms with van der Waals surface area (Å²) in [6, 6.07) is -0.496. The van der Waals surface area contributed by atoms with Gasteiger partial charge >= 0.3 is 0 Å². The Hall–Kier alpha value is -0.610. The topological polar surface area (TPSA) is 69.6 Å². The van der Waals surface area contributed by atoms with Crippen LogP contribution in [0.25, 0.3) is 0 Å². The molecule has 0 unspecified atom stereocenters. The molecule has 82 valence electrons. The van der Waals surface area contributed by atoms with E-state index in [-0.39, 0.29) is 25.0 Å². The molecule has 4 nitrogen and oxygen atoms in total. The van der Waals surface area contributed by atoms with Crippen molar-refractivity contribution in [3.05, 3.63) is 0 Å². The minimum atomic E-state index is -0.496. The van der Waals surface area contributed by atoms with E-state index in [2.05, 4.69) is 5.32 Å². The third-order valence-corrected chi connectivity index (χ3v) is 2.76. The second-order valence-electron chi connectivity index (χ2n) is 3.91. The van der Waals surface area contributed by atoms with Crippen molar-refractivity contribution >= 4 is 5.91 Å². The quantitative estimate of drug-likeness (QED) is 0.601. The number of hydrogen-bond acceptors (Lipinski definition) is 3. The number of carbonyl (C=O) groups excluding carboxylic acids is 1. The molecule has 1 saturated carbocycles. The molecule has 0 radical (unpaired) electrons. The zero-order chi connectivity index (χ0) is 10.4. The van der Waals surface area contributed by atoms with Crippen LogP contribution in [0.3, 0.4) is 0 Å². The molecule has 0 saturated heterocycles. The lowest BCUT2D eigenvalue weighted by Gasteiger charge is -2.23. The molecular formula is C10H19NO3. The van der Waals surface area contributed by atoms with E-state index < -0.39 is 6.04 Å². The normalized spacial score (nSPS) is 18.5. The van der Waals surface area contributed by atoms with Gasteiger partial charge in [-0.25, -0.2) is 0 Å². The van der Waals surface area contributed by atoms with Gasteiger partial charge in [0, 0.05) is 5.92 Å². The molecule has 1 aliphatic carbocycles. The Morgan fingerprint density at radius 3 is 2.29 bits per heavy atom. The molecule has 4 heteroatoms. The van der Waals surface area contributed by atoms with Crippen LogP contribution in [-0.2, 0) is 4.79 Å². The van der Waals surface area contributed by atoms with E-state index >= 15 is 0 Å². The Labute approximate surface area is 84.3 Å². The summed E-state index contributed by atoms with van der Waals surface area (Å²) >= 11 is 0. The molecule has 1 rings (SSSR count). The Bertz CT molecular complexity index is 174. The van der Waals surface area contributed by atoms with Crippen LogP contribution in [0, 0.1) is 5.92 Å². The second kappa shape index (κ2) is 5.98. The van der Waals surface area contributed by atoms with Gasteiger partial charge in [-0.3, -0.25) is 4.79 Å². The fraction of sp³-hybridized carbons (Fsp3) is 0.900. The van der Waals surface area contributed by atoms with E-state index in [1.54, 1.807) is 0 Å². The summed E-state index contributed by atoms with van der Waals surface area (Å²) in [6.07, 6.45) is 5.32. The Kier molecular flexibility index (Phi) is 4.90. The Balaban J connectivity index is 2.32. The molecule has 1 amide bonds. The van der Waals surface area contributed by atoms with Crippen molar-refractivity contribution in [1.82, 2.24) is 5.32 Å². The molecule has 0 bridgehead atoms. The van der Waals surface area contributed by atoms with Gasteiger partial charge in [-0.15, -0.1) is 0 Å². The summed E-state index contributed by atoms with van der Waals surface area (Å²) < 4.78 is 0. The number of aliphatic hydroxyl groups is 2. The third-order valence-electron chi connectivity index (χ3n) is 2.76. The predicted molar refractivity (Wildman–Crippen MR) is 52.7 cm³/mol. The summed E-state index contributed by atoms with van der Waals surface area (Å²) in [7, 11) is 0. The first-order valence-corrected chi connectivity index (χ1v) is 5.30. The average Bonchev–Trinajstić information content (AvgIpc) is 2.26. The number of carbonyl (C=O) groups is 1. The van der Waals surface area contributed by atoms with E-state index in [1.807, 2.05) is 0 Å². The molecule has 0 atom stereocenters. The first-order valence-electron chi connectivity index (χ1n) is 5.30. The van der Waals surface area contributed by atoms with Gasteiger partial charge in [0.05, 0.1) is 19.3 Å². The highest BCUT2D eigenvalue weighted by Crippen LogP contribution is 2.23. The van der Waals surface area contributed by atoms with Crippen molar-refractivity contribution in [2.24, 2.45) is 5.92 Å². The number of nitrogens with one attached hydrogen (secondary N) is 1. The van der Waals surface area contributed by atoms with E-state index in [9.17, 15) is 4.79 Å². The third kappa shape index (κ3) is 3.27. The first-order chi connectivity index (χ1) is 6.77. The van der Waals surface area contributed by atoms with Gasteiger partial charge in [-0.2, -0.15) is 0 Å². The molecule has 0 heterocycles. The lowest BCUT2D eigenvalue weighted by atomic mass is 9.88. The zero-order valence-electron chi connectivity index (χ0n) is 8.41. The van der Waals surface area contributed by atoms with Crippen LogP contribution in [-0.4, -0.2) is 35.4 Å². The summed E-state index contributed by atoms with van der Waals surface area (Å²) in [5, 5.41) is 20.2. The van der Waals surface area contributed by atoms with Gasteiger partial charge in [0.25, 0.3) is 0 Å². The predicted octanol–water partition coefficient (Wildman–Crippen LogP) is 0.0361. The highest BCUT2D eigenvalue weighted by atomic mass is 16.3. The zero-order valence-corrected chi connectivity index (χ0v) is 8.41. The van der Waals surface area contributed by atoms with Gasteiger partial charge < -0.3 is 15.5 Å². The van der Waals surface area contributed by atoms with E-state index in [0.29, 0.717) is 0 Å². The number of aliphatic hydroxyl groups excluding tert-OH is 2. The lowest BCUT2D eigenvalue weighted by Crippen LogP contribution is -2.43. The molecular weight excluding hydrogens is 182 g/mol. The minimum Gasteiger partial charge on any atom is -0.394 e. The van der Waals surface area contributed by atoms with Crippen molar-refractivity contribution < 1.29 is 15.0 Å². The fourth-order valence-electron chi connectivity index (χ4n) is 1.83. The molecule has 0 aromatic carbocycles. The second-order valence-corrected chi connectivity index (χ2v) is 3.91.